The van der Waals surface area contributed by atoms with Gasteiger partial charge in [-0.25, -0.2) is 0 Å². The van der Waals surface area contributed by atoms with E-state index in [9.17, 15) is 4.79 Å². The maximum atomic E-state index is 12.4. The van der Waals surface area contributed by atoms with Gasteiger partial charge in [0.05, 0.1) is 19.3 Å². The standard InChI is InChI=1S/C18H19N5O2/c24-18(10-23-21-15-3-1-2-4-16(15)22-23)20-17-12-25-11-14(17)9-13-5-7-19-8-6-13/h1-8,14,17H,9-12H2,(H,20,24)/t14-,17-/m1/s1. The summed E-state index contributed by atoms with van der Waals surface area (Å²) in [7, 11) is 0. The summed E-state index contributed by atoms with van der Waals surface area (Å²) in [4.78, 5) is 17.8. The Labute approximate surface area is 145 Å². The van der Waals surface area contributed by atoms with Gasteiger partial charge in [0.25, 0.3) is 0 Å². The Morgan fingerprint density at radius 3 is 2.56 bits per heavy atom. The lowest BCUT2D eigenvalue weighted by atomic mass is 9.95. The molecule has 0 spiro atoms. The molecule has 0 bridgehead atoms. The third-order valence-electron chi connectivity index (χ3n) is 4.41. The Kier molecular flexibility index (Phi) is 4.39. The van der Waals surface area contributed by atoms with Crippen LogP contribution < -0.4 is 5.32 Å². The van der Waals surface area contributed by atoms with Gasteiger partial charge >= 0.3 is 0 Å². The second kappa shape index (κ2) is 6.98. The number of ether oxygens (including phenoxy) is 1. The maximum Gasteiger partial charge on any atom is 0.243 e. The van der Waals surface area contributed by atoms with E-state index in [0.717, 1.165) is 17.5 Å². The molecular weight excluding hydrogens is 318 g/mol. The van der Waals surface area contributed by atoms with Crippen LogP contribution in [0.1, 0.15) is 5.56 Å². The fraction of sp³-hybridized carbons (Fsp3) is 0.333. The molecule has 0 saturated carbocycles. The monoisotopic (exact) mass is 337 g/mol. The van der Waals surface area contributed by atoms with Crippen LogP contribution in [0.2, 0.25) is 0 Å². The summed E-state index contributed by atoms with van der Waals surface area (Å²) in [5.74, 6) is 0.159. The first-order valence-electron chi connectivity index (χ1n) is 8.34. The van der Waals surface area contributed by atoms with E-state index >= 15 is 0 Å². The van der Waals surface area contributed by atoms with Crippen LogP contribution in [0.25, 0.3) is 11.0 Å². The maximum absolute atomic E-state index is 12.4. The summed E-state index contributed by atoms with van der Waals surface area (Å²) in [6.45, 7) is 1.29. The largest absolute Gasteiger partial charge is 0.379 e. The molecule has 1 saturated heterocycles. The minimum absolute atomic E-state index is 0.00523. The number of fused-ring (bicyclic) bond motifs is 1. The number of hydrogen-bond acceptors (Lipinski definition) is 5. The van der Waals surface area contributed by atoms with Crippen LogP contribution in [0.3, 0.4) is 0 Å². The third-order valence-corrected chi connectivity index (χ3v) is 4.41. The van der Waals surface area contributed by atoms with E-state index in [1.165, 1.54) is 10.4 Å². The lowest BCUT2D eigenvalue weighted by Crippen LogP contribution is -2.42. The number of pyridine rings is 1. The molecular formula is C18H19N5O2. The third kappa shape index (κ3) is 3.66. The number of benzene rings is 1. The molecule has 1 fully saturated rings. The van der Waals surface area contributed by atoms with Crippen molar-refractivity contribution in [2.75, 3.05) is 13.2 Å². The number of hydrogen-bond donors (Lipinski definition) is 1. The highest BCUT2D eigenvalue weighted by molar-refractivity contribution is 5.77. The number of carbonyl (C=O) groups excluding carboxylic acids is 1. The molecule has 3 aromatic rings. The quantitative estimate of drug-likeness (QED) is 0.756. The van der Waals surface area contributed by atoms with Crippen LogP contribution in [-0.4, -0.2) is 45.1 Å². The van der Waals surface area contributed by atoms with Crippen molar-refractivity contribution in [3.63, 3.8) is 0 Å². The average Bonchev–Trinajstić information content (AvgIpc) is 3.22. The number of amides is 1. The van der Waals surface area contributed by atoms with Crippen LogP contribution >= 0.6 is 0 Å². The Morgan fingerprint density at radius 1 is 1.12 bits per heavy atom. The lowest BCUT2D eigenvalue weighted by molar-refractivity contribution is -0.123. The van der Waals surface area contributed by atoms with E-state index in [4.69, 9.17) is 4.74 Å². The summed E-state index contributed by atoms with van der Waals surface area (Å²) in [6.07, 6.45) is 4.43. The highest BCUT2D eigenvalue weighted by Gasteiger charge is 2.29. The first-order chi connectivity index (χ1) is 12.3. The normalized spacial score (nSPS) is 20.0. The molecule has 4 rings (SSSR count). The highest BCUT2D eigenvalue weighted by atomic mass is 16.5. The van der Waals surface area contributed by atoms with Gasteiger partial charge in [0.15, 0.2) is 0 Å². The van der Waals surface area contributed by atoms with E-state index in [-0.39, 0.29) is 24.4 Å². The summed E-state index contributed by atoms with van der Waals surface area (Å²) < 4.78 is 5.57. The molecule has 2 atom stereocenters. The number of rotatable bonds is 5. The van der Waals surface area contributed by atoms with Crippen molar-refractivity contribution in [2.45, 2.75) is 19.0 Å². The molecule has 1 aliphatic rings. The molecule has 2 aromatic heterocycles. The minimum atomic E-state index is -0.101. The molecule has 128 valence electrons. The van der Waals surface area contributed by atoms with E-state index in [1.807, 2.05) is 36.4 Å². The van der Waals surface area contributed by atoms with Crippen LogP contribution in [0.4, 0.5) is 0 Å². The lowest BCUT2D eigenvalue weighted by Gasteiger charge is -2.19. The molecule has 3 heterocycles. The van der Waals surface area contributed by atoms with E-state index in [1.54, 1.807) is 12.4 Å². The Balaban J connectivity index is 1.37. The molecule has 7 nitrogen and oxygen atoms in total. The summed E-state index contributed by atoms with van der Waals surface area (Å²) in [5.41, 5.74) is 2.77. The van der Waals surface area contributed by atoms with Gasteiger partial charge in [0.2, 0.25) is 5.91 Å². The number of carbonyl (C=O) groups is 1. The predicted octanol–water partition coefficient (Wildman–Crippen LogP) is 1.20. The van der Waals surface area contributed by atoms with Crippen molar-refractivity contribution in [3.8, 4) is 0 Å². The van der Waals surface area contributed by atoms with E-state index in [0.29, 0.717) is 13.2 Å². The summed E-state index contributed by atoms with van der Waals surface area (Å²) in [5, 5.41) is 11.7. The van der Waals surface area contributed by atoms with Crippen molar-refractivity contribution in [1.29, 1.82) is 0 Å². The zero-order valence-electron chi connectivity index (χ0n) is 13.7. The molecule has 25 heavy (non-hydrogen) atoms. The van der Waals surface area contributed by atoms with Gasteiger partial charge in [0, 0.05) is 18.3 Å². The first-order valence-corrected chi connectivity index (χ1v) is 8.34. The first kappa shape index (κ1) is 15.7. The van der Waals surface area contributed by atoms with Gasteiger partial charge in [0.1, 0.15) is 17.6 Å². The van der Waals surface area contributed by atoms with E-state index < -0.39 is 0 Å². The smallest absolute Gasteiger partial charge is 0.243 e. The van der Waals surface area contributed by atoms with Crippen LogP contribution in [0, 0.1) is 5.92 Å². The fourth-order valence-electron chi connectivity index (χ4n) is 3.14. The highest BCUT2D eigenvalue weighted by Crippen LogP contribution is 2.19. The summed E-state index contributed by atoms with van der Waals surface area (Å²) >= 11 is 0. The van der Waals surface area contributed by atoms with E-state index in [2.05, 4.69) is 20.5 Å². The number of nitrogens with one attached hydrogen (secondary N) is 1. The molecule has 7 heteroatoms. The van der Waals surface area contributed by atoms with Gasteiger partial charge in [-0.05, 0) is 36.2 Å². The molecule has 0 aliphatic carbocycles. The molecule has 1 N–H and O–H groups in total. The van der Waals surface area contributed by atoms with Gasteiger partial charge in [-0.3, -0.25) is 9.78 Å². The van der Waals surface area contributed by atoms with Gasteiger partial charge < -0.3 is 10.1 Å². The Bertz CT molecular complexity index is 831. The molecule has 0 unspecified atom stereocenters. The summed E-state index contributed by atoms with van der Waals surface area (Å²) in [6, 6.07) is 11.6. The van der Waals surface area contributed by atoms with Crippen LogP contribution in [0.5, 0.6) is 0 Å². The van der Waals surface area contributed by atoms with Crippen molar-refractivity contribution in [3.05, 3.63) is 54.4 Å². The van der Waals surface area contributed by atoms with Crippen molar-refractivity contribution >= 4 is 16.9 Å². The van der Waals surface area contributed by atoms with Crippen molar-refractivity contribution in [1.82, 2.24) is 25.3 Å². The van der Waals surface area contributed by atoms with Crippen LogP contribution in [-0.2, 0) is 22.5 Å². The SMILES string of the molecule is O=C(Cn1nc2ccccc2n1)N[C@@H]1COC[C@H]1Cc1ccncc1. The predicted molar refractivity (Wildman–Crippen MR) is 91.7 cm³/mol. The minimum Gasteiger partial charge on any atom is -0.379 e. The Hall–Kier alpha value is -2.80. The number of aromatic nitrogens is 4. The van der Waals surface area contributed by atoms with Gasteiger partial charge in [-0.15, -0.1) is 0 Å². The Morgan fingerprint density at radius 2 is 1.84 bits per heavy atom. The molecule has 1 amide bonds. The number of nitrogens with zero attached hydrogens (tertiary/aromatic N) is 4. The average molecular weight is 337 g/mol. The zero-order valence-corrected chi connectivity index (χ0v) is 13.7. The van der Waals surface area contributed by atoms with Crippen molar-refractivity contribution in [2.24, 2.45) is 5.92 Å². The fourth-order valence-corrected chi connectivity index (χ4v) is 3.14. The van der Waals surface area contributed by atoms with Gasteiger partial charge in [-0.1, -0.05) is 12.1 Å². The van der Waals surface area contributed by atoms with Gasteiger partial charge in [-0.2, -0.15) is 15.0 Å². The molecule has 1 aromatic carbocycles. The zero-order chi connectivity index (χ0) is 17.1. The van der Waals surface area contributed by atoms with Crippen LogP contribution in [0.15, 0.2) is 48.8 Å². The molecule has 0 radical (unpaired) electrons. The van der Waals surface area contributed by atoms with Crippen molar-refractivity contribution < 1.29 is 9.53 Å². The topological polar surface area (TPSA) is 81.9 Å². The second-order valence-corrected chi connectivity index (χ2v) is 6.25. The second-order valence-electron chi connectivity index (χ2n) is 6.25. The molecule has 1 aliphatic heterocycles.